The van der Waals surface area contributed by atoms with Crippen molar-refractivity contribution in [1.82, 2.24) is 15.6 Å². The molecule has 0 radical (unpaired) electrons. The van der Waals surface area contributed by atoms with E-state index in [2.05, 4.69) is 27.5 Å². The van der Waals surface area contributed by atoms with Crippen LogP contribution in [0.5, 0.6) is 0 Å². The molecule has 1 aromatic heterocycles. The van der Waals surface area contributed by atoms with Crippen molar-refractivity contribution >= 4 is 41.3 Å². The molecule has 1 saturated carbocycles. The van der Waals surface area contributed by atoms with Crippen LogP contribution in [0.1, 0.15) is 33.5 Å². The molecular formula is C17H22FIN4S. The van der Waals surface area contributed by atoms with E-state index in [1.54, 1.807) is 24.5 Å². The van der Waals surface area contributed by atoms with Crippen molar-refractivity contribution in [2.24, 2.45) is 4.99 Å². The van der Waals surface area contributed by atoms with Crippen LogP contribution >= 0.6 is 35.3 Å². The number of hydrogen-bond acceptors (Lipinski definition) is 3. The highest BCUT2D eigenvalue weighted by molar-refractivity contribution is 14.0. The summed E-state index contributed by atoms with van der Waals surface area (Å²) in [6.45, 7) is 4.74. The van der Waals surface area contributed by atoms with Crippen LogP contribution in [0.2, 0.25) is 0 Å². The minimum atomic E-state index is -0.126. The van der Waals surface area contributed by atoms with Gasteiger partial charge in [-0.3, -0.25) is 4.99 Å². The fourth-order valence-electron chi connectivity index (χ4n) is 2.62. The van der Waals surface area contributed by atoms with Crippen molar-refractivity contribution in [3.05, 3.63) is 51.2 Å². The summed E-state index contributed by atoms with van der Waals surface area (Å²) in [6.07, 6.45) is 0.928. The average Bonchev–Trinajstić information content (AvgIpc) is 3.22. The molecule has 130 valence electrons. The number of hydrogen-bond donors (Lipinski definition) is 2. The maximum atomic E-state index is 13.8. The zero-order valence-electron chi connectivity index (χ0n) is 14.0. The van der Waals surface area contributed by atoms with Crippen molar-refractivity contribution in [3.63, 3.8) is 0 Å². The van der Waals surface area contributed by atoms with E-state index in [1.165, 1.54) is 10.9 Å². The summed E-state index contributed by atoms with van der Waals surface area (Å²) in [6, 6.07) is 7.22. The number of aliphatic imine (C=N–C) groups is 1. The first-order valence-corrected chi connectivity index (χ1v) is 8.54. The third-order valence-electron chi connectivity index (χ3n) is 4.12. The molecule has 1 aliphatic carbocycles. The van der Waals surface area contributed by atoms with E-state index in [0.29, 0.717) is 6.54 Å². The Balaban J connectivity index is 0.00000208. The number of aryl methyl sites for hydroxylation is 2. The van der Waals surface area contributed by atoms with E-state index >= 15 is 0 Å². The van der Waals surface area contributed by atoms with Crippen LogP contribution in [-0.4, -0.2) is 24.0 Å². The lowest BCUT2D eigenvalue weighted by atomic mass is 10.1. The van der Waals surface area contributed by atoms with Crippen LogP contribution in [0.3, 0.4) is 0 Å². The lowest BCUT2D eigenvalue weighted by molar-refractivity contribution is 0.607. The lowest BCUT2D eigenvalue weighted by Gasteiger charge is -2.11. The van der Waals surface area contributed by atoms with Gasteiger partial charge in [0.25, 0.3) is 0 Å². The van der Waals surface area contributed by atoms with Crippen molar-refractivity contribution in [1.29, 1.82) is 0 Å². The summed E-state index contributed by atoms with van der Waals surface area (Å²) in [4.78, 5) is 9.99. The SMILES string of the molecule is CN=C(NCc1nc(C)c(C)s1)NC1CC1c1ccccc1F.I. The quantitative estimate of drug-likeness (QED) is 0.415. The Kier molecular flexibility index (Phi) is 6.56. The van der Waals surface area contributed by atoms with Crippen LogP contribution in [0.4, 0.5) is 4.39 Å². The Hall–Kier alpha value is -1.22. The first-order chi connectivity index (χ1) is 11.1. The van der Waals surface area contributed by atoms with Gasteiger partial charge in [-0.1, -0.05) is 18.2 Å². The number of nitrogens with zero attached hydrogens (tertiary/aromatic N) is 2. The van der Waals surface area contributed by atoms with Gasteiger partial charge in [-0.15, -0.1) is 35.3 Å². The predicted octanol–water partition coefficient (Wildman–Crippen LogP) is 3.74. The molecule has 0 spiro atoms. The molecule has 4 nitrogen and oxygen atoms in total. The minimum absolute atomic E-state index is 0. The highest BCUT2D eigenvalue weighted by atomic mass is 127. The second-order valence-corrected chi connectivity index (χ2v) is 7.08. The molecule has 2 atom stereocenters. The number of aromatic nitrogens is 1. The van der Waals surface area contributed by atoms with E-state index in [1.807, 2.05) is 19.1 Å². The van der Waals surface area contributed by atoms with Crippen LogP contribution in [-0.2, 0) is 6.54 Å². The molecule has 7 heteroatoms. The van der Waals surface area contributed by atoms with Crippen molar-refractivity contribution in [2.45, 2.75) is 38.8 Å². The molecule has 0 bridgehead atoms. The normalized spacial score (nSPS) is 19.6. The topological polar surface area (TPSA) is 49.3 Å². The Bertz CT molecular complexity index is 712. The molecule has 1 aliphatic rings. The van der Waals surface area contributed by atoms with Gasteiger partial charge in [0.15, 0.2) is 5.96 Å². The smallest absolute Gasteiger partial charge is 0.191 e. The molecule has 3 rings (SSSR count). The van der Waals surface area contributed by atoms with Crippen molar-refractivity contribution in [3.8, 4) is 0 Å². The molecule has 2 aromatic rings. The highest BCUT2D eigenvalue weighted by Gasteiger charge is 2.40. The number of guanidine groups is 1. The lowest BCUT2D eigenvalue weighted by Crippen LogP contribution is -2.38. The van der Waals surface area contributed by atoms with Gasteiger partial charge in [-0.05, 0) is 31.9 Å². The zero-order chi connectivity index (χ0) is 16.4. The standard InChI is InChI=1S/C17H21FN4S.HI/c1-10-11(2)23-16(21-10)9-20-17(19-3)22-15-8-13(15)12-6-4-5-7-14(12)18;/h4-7,13,15H,8-9H2,1-3H3,(H2,19,20,22);1H. The Morgan fingerprint density at radius 1 is 1.38 bits per heavy atom. The summed E-state index contributed by atoms with van der Waals surface area (Å²) < 4.78 is 13.8. The van der Waals surface area contributed by atoms with Gasteiger partial charge in [0.05, 0.1) is 12.2 Å². The summed E-state index contributed by atoms with van der Waals surface area (Å²) in [5.74, 6) is 0.830. The van der Waals surface area contributed by atoms with Crippen molar-refractivity contribution < 1.29 is 4.39 Å². The number of halogens is 2. The number of benzene rings is 1. The van der Waals surface area contributed by atoms with Crippen LogP contribution in [0.25, 0.3) is 0 Å². The summed E-state index contributed by atoms with van der Waals surface area (Å²) in [5, 5.41) is 7.68. The third kappa shape index (κ3) is 4.44. The fraction of sp³-hybridized carbons (Fsp3) is 0.412. The second-order valence-electron chi connectivity index (χ2n) is 5.79. The van der Waals surface area contributed by atoms with Gasteiger partial charge in [-0.2, -0.15) is 0 Å². The summed E-state index contributed by atoms with van der Waals surface area (Å²) >= 11 is 1.69. The van der Waals surface area contributed by atoms with Gasteiger partial charge in [0, 0.05) is 23.9 Å². The maximum absolute atomic E-state index is 13.8. The highest BCUT2D eigenvalue weighted by Crippen LogP contribution is 2.41. The van der Waals surface area contributed by atoms with Gasteiger partial charge in [0.1, 0.15) is 10.8 Å². The van der Waals surface area contributed by atoms with E-state index in [-0.39, 0.29) is 41.8 Å². The van der Waals surface area contributed by atoms with Crippen LogP contribution in [0.15, 0.2) is 29.3 Å². The number of nitrogens with one attached hydrogen (secondary N) is 2. The molecule has 0 saturated heterocycles. The molecule has 1 fully saturated rings. The molecular weight excluding hydrogens is 438 g/mol. The number of rotatable bonds is 4. The van der Waals surface area contributed by atoms with E-state index in [0.717, 1.165) is 28.6 Å². The summed E-state index contributed by atoms with van der Waals surface area (Å²) in [5.41, 5.74) is 1.86. The largest absolute Gasteiger partial charge is 0.353 e. The van der Waals surface area contributed by atoms with E-state index in [4.69, 9.17) is 0 Å². The third-order valence-corrected chi connectivity index (χ3v) is 5.19. The molecule has 0 aliphatic heterocycles. The zero-order valence-corrected chi connectivity index (χ0v) is 17.1. The monoisotopic (exact) mass is 460 g/mol. The first-order valence-electron chi connectivity index (χ1n) is 7.73. The Labute approximate surface area is 163 Å². The summed E-state index contributed by atoms with van der Waals surface area (Å²) in [7, 11) is 1.74. The van der Waals surface area contributed by atoms with E-state index in [9.17, 15) is 4.39 Å². The average molecular weight is 460 g/mol. The maximum Gasteiger partial charge on any atom is 0.191 e. The molecule has 0 amide bonds. The molecule has 2 N–H and O–H groups in total. The predicted molar refractivity (Wildman–Crippen MR) is 108 cm³/mol. The van der Waals surface area contributed by atoms with Crippen LogP contribution < -0.4 is 10.6 Å². The minimum Gasteiger partial charge on any atom is -0.353 e. The van der Waals surface area contributed by atoms with Gasteiger partial charge < -0.3 is 10.6 Å². The fourth-order valence-corrected chi connectivity index (χ4v) is 3.49. The Morgan fingerprint density at radius 3 is 2.75 bits per heavy atom. The second kappa shape index (κ2) is 8.24. The van der Waals surface area contributed by atoms with Crippen molar-refractivity contribution in [2.75, 3.05) is 7.05 Å². The van der Waals surface area contributed by atoms with Gasteiger partial charge in [0.2, 0.25) is 0 Å². The number of thiazole rings is 1. The first kappa shape index (κ1) is 19.1. The van der Waals surface area contributed by atoms with Gasteiger partial charge in [-0.25, -0.2) is 9.37 Å². The molecule has 1 aromatic carbocycles. The molecule has 2 unspecified atom stereocenters. The molecule has 1 heterocycles. The molecule has 24 heavy (non-hydrogen) atoms. The van der Waals surface area contributed by atoms with Crippen LogP contribution in [0, 0.1) is 19.7 Å². The van der Waals surface area contributed by atoms with E-state index < -0.39 is 0 Å². The Morgan fingerprint density at radius 2 is 2.12 bits per heavy atom. The van der Waals surface area contributed by atoms with Gasteiger partial charge >= 0.3 is 0 Å².